The predicted molar refractivity (Wildman–Crippen MR) is 74.7 cm³/mol. The first-order valence-electron chi connectivity index (χ1n) is 7.63. The number of carbonyl (C=O) groups excluding carboxylic acids is 2. The van der Waals surface area contributed by atoms with Crippen LogP contribution in [0.25, 0.3) is 0 Å². The Hall–Kier alpha value is -2.03. The number of hydrazine groups is 1. The molecule has 7 nitrogen and oxygen atoms in total. The second-order valence-corrected chi connectivity index (χ2v) is 5.68. The van der Waals surface area contributed by atoms with Crippen LogP contribution in [0.3, 0.4) is 0 Å². The summed E-state index contributed by atoms with van der Waals surface area (Å²) in [4.78, 5) is 28.0. The van der Waals surface area contributed by atoms with E-state index in [2.05, 4.69) is 15.8 Å². The summed E-state index contributed by atoms with van der Waals surface area (Å²) in [5.74, 6) is -0.988. The van der Waals surface area contributed by atoms with Crippen molar-refractivity contribution in [2.45, 2.75) is 38.7 Å². The van der Waals surface area contributed by atoms with Gasteiger partial charge in [-0.25, -0.2) is 13.8 Å². The monoisotopic (exact) mass is 328 g/mol. The molecule has 1 unspecified atom stereocenters. The first-order chi connectivity index (χ1) is 11.1. The van der Waals surface area contributed by atoms with Crippen LogP contribution in [0.4, 0.5) is 8.78 Å². The van der Waals surface area contributed by atoms with E-state index in [0.29, 0.717) is 38.4 Å². The maximum absolute atomic E-state index is 13.2. The molecule has 2 aliphatic heterocycles. The van der Waals surface area contributed by atoms with E-state index in [4.69, 9.17) is 4.74 Å². The molecule has 1 aromatic rings. The van der Waals surface area contributed by atoms with Gasteiger partial charge in [0.15, 0.2) is 0 Å². The Morgan fingerprint density at radius 3 is 2.83 bits per heavy atom. The van der Waals surface area contributed by atoms with Gasteiger partial charge in [-0.1, -0.05) is 0 Å². The number of hydrogen-bond donors (Lipinski definition) is 2. The molecule has 3 heterocycles. The molecule has 0 saturated carbocycles. The summed E-state index contributed by atoms with van der Waals surface area (Å²) in [5.41, 5.74) is 3.80. The lowest BCUT2D eigenvalue weighted by Crippen LogP contribution is -2.45. The minimum absolute atomic E-state index is 0.169. The summed E-state index contributed by atoms with van der Waals surface area (Å²) in [6.45, 7) is 1.27. The van der Waals surface area contributed by atoms with Gasteiger partial charge in [0.05, 0.1) is 12.5 Å². The van der Waals surface area contributed by atoms with Crippen molar-refractivity contribution in [3.63, 3.8) is 0 Å². The van der Waals surface area contributed by atoms with E-state index in [0.717, 1.165) is 12.8 Å². The molecule has 9 heteroatoms. The lowest BCUT2D eigenvalue weighted by atomic mass is 10.1. The van der Waals surface area contributed by atoms with Gasteiger partial charge in [-0.15, -0.1) is 0 Å². The SMILES string of the molecule is O=C(NNC(=O)C1CCOC1)c1c(C(F)F)nc2n1CCCC2. The maximum atomic E-state index is 13.2. The molecule has 0 aliphatic carbocycles. The lowest BCUT2D eigenvalue weighted by molar-refractivity contribution is -0.125. The Morgan fingerprint density at radius 1 is 1.30 bits per heavy atom. The molecule has 0 spiro atoms. The molecular formula is C14H18F2N4O3. The van der Waals surface area contributed by atoms with Crippen molar-refractivity contribution in [1.29, 1.82) is 0 Å². The van der Waals surface area contributed by atoms with Gasteiger partial charge in [0.25, 0.3) is 12.3 Å². The zero-order chi connectivity index (χ0) is 16.4. The molecule has 0 bridgehead atoms. The van der Waals surface area contributed by atoms with Gasteiger partial charge in [0.1, 0.15) is 17.2 Å². The topological polar surface area (TPSA) is 85.2 Å². The van der Waals surface area contributed by atoms with Crippen molar-refractivity contribution < 1.29 is 23.1 Å². The number of amides is 2. The second kappa shape index (κ2) is 6.61. The Bertz CT molecular complexity index is 611. The van der Waals surface area contributed by atoms with Crippen LogP contribution in [0.1, 0.15) is 47.7 Å². The molecule has 2 aliphatic rings. The van der Waals surface area contributed by atoms with E-state index < -0.39 is 18.0 Å². The fourth-order valence-corrected chi connectivity index (χ4v) is 2.92. The Morgan fingerprint density at radius 2 is 2.13 bits per heavy atom. The summed E-state index contributed by atoms with van der Waals surface area (Å²) in [6, 6.07) is 0. The van der Waals surface area contributed by atoms with Gasteiger partial charge in [0.2, 0.25) is 5.91 Å². The molecule has 1 saturated heterocycles. The number of hydrogen-bond acceptors (Lipinski definition) is 4. The van der Waals surface area contributed by atoms with E-state index in [-0.39, 0.29) is 17.5 Å². The van der Waals surface area contributed by atoms with Gasteiger partial charge in [-0.2, -0.15) is 0 Å². The van der Waals surface area contributed by atoms with Gasteiger partial charge in [0, 0.05) is 19.6 Å². The number of halogens is 2. The normalized spacial score (nSPS) is 20.4. The second-order valence-electron chi connectivity index (χ2n) is 5.68. The number of imidazole rings is 1. The highest BCUT2D eigenvalue weighted by molar-refractivity contribution is 5.95. The molecule has 2 amide bonds. The van der Waals surface area contributed by atoms with Crippen LogP contribution in [0.2, 0.25) is 0 Å². The Kier molecular flexibility index (Phi) is 4.56. The lowest BCUT2D eigenvalue weighted by Gasteiger charge is -2.17. The Labute approximate surface area is 131 Å². The third-order valence-electron chi connectivity index (χ3n) is 4.13. The first-order valence-corrected chi connectivity index (χ1v) is 7.63. The molecule has 1 fully saturated rings. The molecule has 0 radical (unpaired) electrons. The van der Waals surface area contributed by atoms with Crippen molar-refractivity contribution in [3.8, 4) is 0 Å². The summed E-state index contributed by atoms with van der Waals surface area (Å²) >= 11 is 0. The number of ether oxygens (including phenoxy) is 1. The van der Waals surface area contributed by atoms with Crippen LogP contribution in [-0.4, -0.2) is 34.6 Å². The predicted octanol–water partition coefficient (Wildman–Crippen LogP) is 0.954. The van der Waals surface area contributed by atoms with Crippen LogP contribution in [0.5, 0.6) is 0 Å². The largest absolute Gasteiger partial charge is 0.381 e. The van der Waals surface area contributed by atoms with E-state index >= 15 is 0 Å². The number of aryl methyl sites for hydroxylation is 1. The van der Waals surface area contributed by atoms with Crippen molar-refractivity contribution in [2.24, 2.45) is 5.92 Å². The minimum Gasteiger partial charge on any atom is -0.381 e. The highest BCUT2D eigenvalue weighted by Gasteiger charge is 2.30. The van der Waals surface area contributed by atoms with E-state index in [1.165, 1.54) is 4.57 Å². The molecule has 1 aromatic heterocycles. The van der Waals surface area contributed by atoms with Gasteiger partial charge in [-0.05, 0) is 19.3 Å². The Balaban J connectivity index is 1.73. The number of nitrogens with zero attached hydrogens (tertiary/aromatic N) is 2. The van der Waals surface area contributed by atoms with Crippen LogP contribution in [0.15, 0.2) is 0 Å². The van der Waals surface area contributed by atoms with Crippen molar-refractivity contribution in [1.82, 2.24) is 20.4 Å². The number of aromatic nitrogens is 2. The fourth-order valence-electron chi connectivity index (χ4n) is 2.92. The summed E-state index contributed by atoms with van der Waals surface area (Å²) in [6.07, 6.45) is -0.0324. The zero-order valence-corrected chi connectivity index (χ0v) is 12.5. The standard InChI is InChI=1S/C14H18F2N4O3/c15-12(16)10-11(20-5-2-1-3-9(20)17-10)14(22)19-18-13(21)8-4-6-23-7-8/h8,12H,1-7H2,(H,18,21)(H,19,22). The van der Waals surface area contributed by atoms with E-state index in [9.17, 15) is 18.4 Å². The van der Waals surface area contributed by atoms with Crippen molar-refractivity contribution >= 4 is 11.8 Å². The van der Waals surface area contributed by atoms with Crippen molar-refractivity contribution in [2.75, 3.05) is 13.2 Å². The first kappa shape index (κ1) is 15.9. The molecule has 3 rings (SSSR count). The summed E-state index contributed by atoms with van der Waals surface area (Å²) in [7, 11) is 0. The average molecular weight is 328 g/mol. The van der Waals surface area contributed by atoms with E-state index in [1.54, 1.807) is 0 Å². The quantitative estimate of drug-likeness (QED) is 0.809. The number of rotatable bonds is 3. The van der Waals surface area contributed by atoms with Crippen LogP contribution < -0.4 is 10.9 Å². The van der Waals surface area contributed by atoms with Gasteiger partial charge in [-0.3, -0.25) is 20.4 Å². The molecule has 0 aromatic carbocycles. The highest BCUT2D eigenvalue weighted by atomic mass is 19.3. The number of alkyl halides is 2. The maximum Gasteiger partial charge on any atom is 0.288 e. The van der Waals surface area contributed by atoms with Gasteiger partial charge >= 0.3 is 0 Å². The van der Waals surface area contributed by atoms with Crippen molar-refractivity contribution in [3.05, 3.63) is 17.2 Å². The summed E-state index contributed by atoms with van der Waals surface area (Å²) in [5, 5.41) is 0. The molecule has 23 heavy (non-hydrogen) atoms. The average Bonchev–Trinajstić information content (AvgIpc) is 3.19. The molecule has 2 N–H and O–H groups in total. The number of fused-ring (bicyclic) bond motifs is 1. The minimum atomic E-state index is -2.84. The van der Waals surface area contributed by atoms with Crippen LogP contribution >= 0.6 is 0 Å². The number of nitrogens with one attached hydrogen (secondary N) is 2. The smallest absolute Gasteiger partial charge is 0.288 e. The molecule has 1 atom stereocenters. The van der Waals surface area contributed by atoms with Crippen LogP contribution in [-0.2, 0) is 22.5 Å². The number of carbonyl (C=O) groups is 2. The third-order valence-corrected chi connectivity index (χ3v) is 4.13. The van der Waals surface area contributed by atoms with E-state index in [1.807, 2.05) is 0 Å². The highest BCUT2D eigenvalue weighted by Crippen LogP contribution is 2.26. The third kappa shape index (κ3) is 3.19. The molecule has 126 valence electrons. The molecular weight excluding hydrogens is 310 g/mol. The fraction of sp³-hybridized carbons (Fsp3) is 0.643. The summed E-state index contributed by atoms with van der Waals surface area (Å²) < 4.78 is 32.9. The van der Waals surface area contributed by atoms with Crippen LogP contribution in [0, 0.1) is 5.92 Å². The van der Waals surface area contributed by atoms with Gasteiger partial charge < -0.3 is 9.30 Å². The zero-order valence-electron chi connectivity index (χ0n) is 12.5.